The fourth-order valence-electron chi connectivity index (χ4n) is 3.30. The van der Waals surface area contributed by atoms with E-state index >= 15 is 0 Å². The number of benzene rings is 1. The second kappa shape index (κ2) is 10.6. The number of carbonyl (C=O) groups is 1. The van der Waals surface area contributed by atoms with Crippen LogP contribution in [0.5, 0.6) is 0 Å². The number of nitrogens with two attached hydrogens (primary N) is 1. The molecule has 2 atom stereocenters. The van der Waals surface area contributed by atoms with Crippen LogP contribution in [0.25, 0.3) is 0 Å². The summed E-state index contributed by atoms with van der Waals surface area (Å²) >= 11 is 6.08. The quantitative estimate of drug-likeness (QED) is 0.800. The Morgan fingerprint density at radius 2 is 1.92 bits per heavy atom. The summed E-state index contributed by atoms with van der Waals surface area (Å²) in [5, 5.41) is 0.445. The lowest BCUT2D eigenvalue weighted by Gasteiger charge is -2.36. The predicted octanol–water partition coefficient (Wildman–Crippen LogP) is 2.47. The van der Waals surface area contributed by atoms with E-state index in [-0.39, 0.29) is 48.7 Å². The van der Waals surface area contributed by atoms with Gasteiger partial charge in [0, 0.05) is 49.9 Å². The maximum absolute atomic E-state index is 13.9. The van der Waals surface area contributed by atoms with Crippen LogP contribution in [0.2, 0.25) is 5.02 Å². The molecular formula is C17H25Cl3FN3O2. The van der Waals surface area contributed by atoms with E-state index < -0.39 is 0 Å². The van der Waals surface area contributed by atoms with E-state index in [4.69, 9.17) is 22.1 Å². The van der Waals surface area contributed by atoms with Gasteiger partial charge in [-0.3, -0.25) is 9.69 Å². The Morgan fingerprint density at radius 3 is 2.50 bits per heavy atom. The highest BCUT2D eigenvalue weighted by Gasteiger charge is 2.34. The fraction of sp³-hybridized carbons (Fsp3) is 0.588. The van der Waals surface area contributed by atoms with Gasteiger partial charge < -0.3 is 15.4 Å². The van der Waals surface area contributed by atoms with Crippen LogP contribution in [-0.2, 0) is 16.1 Å². The summed E-state index contributed by atoms with van der Waals surface area (Å²) in [5.74, 6) is -0.234. The van der Waals surface area contributed by atoms with Crippen LogP contribution >= 0.6 is 36.4 Å². The van der Waals surface area contributed by atoms with E-state index in [1.165, 1.54) is 6.07 Å². The van der Waals surface area contributed by atoms with Gasteiger partial charge in [0.05, 0.1) is 6.10 Å². The number of piperazine rings is 1. The van der Waals surface area contributed by atoms with E-state index in [0.717, 1.165) is 12.8 Å². The van der Waals surface area contributed by atoms with Crippen LogP contribution in [0.4, 0.5) is 4.39 Å². The Balaban J connectivity index is 0.00000169. The third-order valence-corrected chi connectivity index (χ3v) is 5.13. The van der Waals surface area contributed by atoms with Gasteiger partial charge in [0.1, 0.15) is 11.9 Å². The Kier molecular flexibility index (Phi) is 9.58. The molecule has 2 aliphatic rings. The second-order valence-electron chi connectivity index (χ2n) is 6.36. The number of nitrogens with zero attached hydrogens (tertiary/aromatic N) is 2. The molecule has 0 aromatic heterocycles. The lowest BCUT2D eigenvalue weighted by Crippen LogP contribution is -2.51. The van der Waals surface area contributed by atoms with Crippen LogP contribution < -0.4 is 5.73 Å². The Hall–Kier alpha value is -0.630. The molecule has 0 spiro atoms. The Bertz CT molecular complexity index is 580. The molecular weight excluding hydrogens is 404 g/mol. The topological polar surface area (TPSA) is 58.8 Å². The first kappa shape index (κ1) is 23.4. The van der Waals surface area contributed by atoms with Gasteiger partial charge >= 0.3 is 0 Å². The van der Waals surface area contributed by atoms with Gasteiger partial charge in [0.25, 0.3) is 5.91 Å². The van der Waals surface area contributed by atoms with Crippen molar-refractivity contribution in [2.45, 2.75) is 31.6 Å². The Labute approximate surface area is 170 Å². The first-order valence-corrected chi connectivity index (χ1v) is 8.76. The van der Waals surface area contributed by atoms with E-state index in [2.05, 4.69) is 4.90 Å². The van der Waals surface area contributed by atoms with Crippen molar-refractivity contribution in [1.82, 2.24) is 9.80 Å². The van der Waals surface area contributed by atoms with Gasteiger partial charge in [-0.15, -0.1) is 24.8 Å². The summed E-state index contributed by atoms with van der Waals surface area (Å²) in [6.45, 7) is 3.56. The molecule has 0 aliphatic carbocycles. The summed E-state index contributed by atoms with van der Waals surface area (Å²) in [6, 6.07) is 4.73. The monoisotopic (exact) mass is 427 g/mol. The zero-order valence-electron chi connectivity index (χ0n) is 14.4. The minimum absolute atomic E-state index is 0. The van der Waals surface area contributed by atoms with Crippen LogP contribution in [0.3, 0.4) is 0 Å². The van der Waals surface area contributed by atoms with E-state index in [0.29, 0.717) is 49.9 Å². The molecule has 26 heavy (non-hydrogen) atoms. The van der Waals surface area contributed by atoms with Gasteiger partial charge in [-0.25, -0.2) is 4.39 Å². The smallest absolute Gasteiger partial charge is 0.251 e. The average Bonchev–Trinajstić information content (AvgIpc) is 3.07. The van der Waals surface area contributed by atoms with Gasteiger partial charge in [-0.05, 0) is 25.0 Å². The van der Waals surface area contributed by atoms with Gasteiger partial charge in [-0.1, -0.05) is 17.7 Å². The minimum atomic E-state index is -0.355. The molecule has 2 N–H and O–H groups in total. The number of amides is 1. The van der Waals surface area contributed by atoms with Gasteiger partial charge in [0.2, 0.25) is 0 Å². The Morgan fingerprint density at radius 1 is 1.23 bits per heavy atom. The molecule has 1 aromatic rings. The molecule has 2 fully saturated rings. The number of hydrogen-bond donors (Lipinski definition) is 1. The van der Waals surface area contributed by atoms with Crippen LogP contribution in [0.15, 0.2) is 18.2 Å². The summed E-state index contributed by atoms with van der Waals surface area (Å²) in [4.78, 5) is 16.4. The third-order valence-electron chi connectivity index (χ3n) is 4.77. The highest BCUT2D eigenvalue weighted by molar-refractivity contribution is 6.31. The molecule has 9 heteroatoms. The molecule has 2 heterocycles. The van der Waals surface area contributed by atoms with Crippen molar-refractivity contribution >= 4 is 42.3 Å². The molecule has 1 aromatic carbocycles. The van der Waals surface area contributed by atoms with Crippen molar-refractivity contribution in [2.24, 2.45) is 5.73 Å². The van der Waals surface area contributed by atoms with Crippen molar-refractivity contribution in [3.63, 3.8) is 0 Å². The molecule has 0 radical (unpaired) electrons. The molecule has 1 amide bonds. The highest BCUT2D eigenvalue weighted by Crippen LogP contribution is 2.23. The minimum Gasteiger partial charge on any atom is -0.364 e. The SMILES string of the molecule is Cl.Cl.NC[C@H]1CC[C@@H](C(=O)N2CCN(Cc3c(F)cccc3Cl)CC2)O1. The number of hydrogen-bond acceptors (Lipinski definition) is 4. The average molecular weight is 429 g/mol. The number of halogens is 4. The molecule has 2 saturated heterocycles. The largest absolute Gasteiger partial charge is 0.364 e. The third kappa shape index (κ3) is 5.44. The zero-order valence-corrected chi connectivity index (χ0v) is 16.8. The fourth-order valence-corrected chi connectivity index (χ4v) is 3.52. The standard InChI is InChI=1S/C17H23ClFN3O2.2ClH/c18-14-2-1-3-15(19)13(14)11-21-6-8-22(9-7-21)17(23)16-5-4-12(10-20)24-16;;/h1-3,12,16H,4-11,20H2;2*1H/t12-,16+;;/m1../s1. The van der Waals surface area contributed by atoms with Crippen LogP contribution in [0, 0.1) is 5.82 Å². The van der Waals surface area contributed by atoms with E-state index in [1.54, 1.807) is 12.1 Å². The first-order chi connectivity index (χ1) is 11.6. The summed E-state index contributed by atoms with van der Waals surface area (Å²) in [6.07, 6.45) is 1.24. The first-order valence-electron chi connectivity index (χ1n) is 8.38. The molecule has 0 unspecified atom stereocenters. The van der Waals surface area contributed by atoms with Gasteiger partial charge in [-0.2, -0.15) is 0 Å². The normalized spacial score (nSPS) is 23.3. The van der Waals surface area contributed by atoms with Crippen LogP contribution in [-0.4, -0.2) is 60.6 Å². The molecule has 5 nitrogen and oxygen atoms in total. The number of carbonyl (C=O) groups excluding carboxylic acids is 1. The summed E-state index contributed by atoms with van der Waals surface area (Å²) in [7, 11) is 0. The van der Waals surface area contributed by atoms with Crippen molar-refractivity contribution in [3.8, 4) is 0 Å². The summed E-state index contributed by atoms with van der Waals surface area (Å²) in [5.41, 5.74) is 6.11. The summed E-state index contributed by atoms with van der Waals surface area (Å²) < 4.78 is 19.6. The molecule has 0 saturated carbocycles. The molecule has 2 aliphatic heterocycles. The van der Waals surface area contributed by atoms with E-state index in [9.17, 15) is 9.18 Å². The zero-order chi connectivity index (χ0) is 17.1. The molecule has 0 bridgehead atoms. The number of ether oxygens (including phenoxy) is 1. The number of rotatable bonds is 4. The maximum atomic E-state index is 13.9. The van der Waals surface area contributed by atoms with Gasteiger partial charge in [0.15, 0.2) is 0 Å². The van der Waals surface area contributed by atoms with Crippen molar-refractivity contribution in [2.75, 3.05) is 32.7 Å². The van der Waals surface area contributed by atoms with Crippen molar-refractivity contribution < 1.29 is 13.9 Å². The maximum Gasteiger partial charge on any atom is 0.251 e. The molecule has 148 valence electrons. The second-order valence-corrected chi connectivity index (χ2v) is 6.77. The lowest BCUT2D eigenvalue weighted by atomic mass is 10.1. The van der Waals surface area contributed by atoms with Crippen molar-refractivity contribution in [1.29, 1.82) is 0 Å². The van der Waals surface area contributed by atoms with Crippen molar-refractivity contribution in [3.05, 3.63) is 34.6 Å². The van der Waals surface area contributed by atoms with Crippen LogP contribution in [0.1, 0.15) is 18.4 Å². The lowest BCUT2D eigenvalue weighted by molar-refractivity contribution is -0.144. The highest BCUT2D eigenvalue weighted by atomic mass is 35.5. The van der Waals surface area contributed by atoms with E-state index in [1.807, 2.05) is 4.90 Å². The predicted molar refractivity (Wildman–Crippen MR) is 105 cm³/mol. The molecule has 3 rings (SSSR count).